The molecule has 38 heavy (non-hydrogen) atoms. The fourth-order valence-corrected chi connectivity index (χ4v) is 5.32. The third-order valence-corrected chi connectivity index (χ3v) is 7.91. The lowest BCUT2D eigenvalue weighted by molar-refractivity contribution is -0.151. The molecule has 3 rings (SSSR count). The first-order valence-corrected chi connectivity index (χ1v) is 13.5. The zero-order valence-electron chi connectivity index (χ0n) is 20.5. The van der Waals surface area contributed by atoms with Crippen LogP contribution in [0.3, 0.4) is 0 Å². The molecule has 1 fully saturated rings. The van der Waals surface area contributed by atoms with Crippen molar-refractivity contribution in [2.24, 2.45) is 5.73 Å². The highest BCUT2D eigenvalue weighted by Gasteiger charge is 2.31. The number of halogens is 3. The average molecular weight is 573 g/mol. The lowest BCUT2D eigenvalue weighted by Gasteiger charge is -2.29. The number of nitrogens with two attached hydrogens (primary N) is 1. The van der Waals surface area contributed by atoms with Gasteiger partial charge in [-0.25, -0.2) is 17.2 Å². The maximum absolute atomic E-state index is 14.8. The van der Waals surface area contributed by atoms with Gasteiger partial charge < -0.3 is 20.3 Å². The normalized spacial score (nSPS) is 13.9. The molecule has 0 atom stereocenters. The molecule has 1 aliphatic heterocycles. The number of hydrogen-bond acceptors (Lipinski definition) is 6. The second kappa shape index (κ2) is 12.5. The quantitative estimate of drug-likeness (QED) is 0.459. The largest absolute Gasteiger partial charge is 0.451 e. The van der Waals surface area contributed by atoms with Crippen LogP contribution in [-0.4, -0.2) is 80.0 Å². The smallest absolute Gasteiger partial charge is 0.312 e. The minimum Gasteiger partial charge on any atom is -0.451 e. The Balaban J connectivity index is 1.77. The van der Waals surface area contributed by atoms with E-state index in [1.807, 2.05) is 0 Å². The summed E-state index contributed by atoms with van der Waals surface area (Å²) in [5, 5.41) is 0.373. The molecule has 3 amide bonds. The number of nitrogens with zero attached hydrogens (tertiary/aromatic N) is 3. The van der Waals surface area contributed by atoms with Crippen molar-refractivity contribution in [3.8, 4) is 11.5 Å². The van der Waals surface area contributed by atoms with Crippen molar-refractivity contribution in [2.45, 2.75) is 24.2 Å². The number of likely N-dealkylation sites (tertiary alicyclic amines) is 1. The van der Waals surface area contributed by atoms with Crippen molar-refractivity contribution in [2.75, 3.05) is 39.8 Å². The van der Waals surface area contributed by atoms with Crippen molar-refractivity contribution in [3.63, 3.8) is 0 Å². The lowest BCUT2D eigenvalue weighted by Crippen LogP contribution is -2.48. The minimum absolute atomic E-state index is 0.0602. The van der Waals surface area contributed by atoms with Crippen LogP contribution < -0.4 is 10.5 Å². The van der Waals surface area contributed by atoms with E-state index in [0.717, 1.165) is 24.2 Å². The van der Waals surface area contributed by atoms with Crippen LogP contribution in [0.25, 0.3) is 0 Å². The Kier molecular flexibility index (Phi) is 9.63. The first-order chi connectivity index (χ1) is 17.9. The summed E-state index contributed by atoms with van der Waals surface area (Å²) in [7, 11) is -3.35. The number of hydrogen-bond donors (Lipinski definition) is 1. The second-order valence-electron chi connectivity index (χ2n) is 8.66. The summed E-state index contributed by atoms with van der Waals surface area (Å²) < 4.78 is 61.7. The van der Waals surface area contributed by atoms with E-state index in [1.165, 1.54) is 36.2 Å². The second-order valence-corrected chi connectivity index (χ2v) is 11.0. The molecular weight excluding hydrogens is 546 g/mol. The van der Waals surface area contributed by atoms with Gasteiger partial charge in [0.2, 0.25) is 15.9 Å². The van der Waals surface area contributed by atoms with Gasteiger partial charge in [0.25, 0.3) is 0 Å². The van der Waals surface area contributed by atoms with Gasteiger partial charge in [0.1, 0.15) is 5.75 Å². The Hall–Kier alpha value is -3.29. The van der Waals surface area contributed by atoms with Crippen LogP contribution in [0, 0.1) is 11.6 Å². The van der Waals surface area contributed by atoms with Gasteiger partial charge in [0.05, 0.1) is 11.4 Å². The topological polar surface area (TPSA) is 130 Å². The number of carbonyl (C=O) groups is 3. The Bertz CT molecular complexity index is 1280. The van der Waals surface area contributed by atoms with Gasteiger partial charge >= 0.3 is 11.8 Å². The first-order valence-electron chi connectivity index (χ1n) is 11.7. The fourth-order valence-electron chi connectivity index (χ4n) is 3.77. The zero-order valence-corrected chi connectivity index (χ0v) is 22.1. The standard InChI is InChI=1S/C24H27ClF2N4O6S/c1-29(23(33)24(34)30-9-3-2-4-10-30)11-12-31(15-21(28)32)38(35,36)18-13-19(26)22(20(27)14-18)37-17-7-5-16(25)6-8-17/h5-8,13-14H,2-4,9-12,15H2,1H3,(H2,28,32). The number of rotatable bonds is 9. The maximum atomic E-state index is 14.8. The van der Waals surface area contributed by atoms with Crippen molar-refractivity contribution in [1.29, 1.82) is 0 Å². The summed E-state index contributed by atoms with van der Waals surface area (Å²) in [6.45, 7) is -0.664. The van der Waals surface area contributed by atoms with E-state index in [2.05, 4.69) is 0 Å². The molecule has 1 heterocycles. The summed E-state index contributed by atoms with van der Waals surface area (Å²) in [5.74, 6) is -5.98. The monoisotopic (exact) mass is 572 g/mol. The summed E-state index contributed by atoms with van der Waals surface area (Å²) in [6.07, 6.45) is 2.52. The molecular formula is C24H27ClF2N4O6S. The van der Waals surface area contributed by atoms with E-state index in [0.29, 0.717) is 34.6 Å². The Morgan fingerprint density at radius 3 is 2.16 bits per heavy atom. The average Bonchev–Trinajstić information content (AvgIpc) is 2.88. The summed E-state index contributed by atoms with van der Waals surface area (Å²) in [5.41, 5.74) is 5.20. The lowest BCUT2D eigenvalue weighted by atomic mass is 10.1. The molecule has 206 valence electrons. The van der Waals surface area contributed by atoms with Gasteiger partial charge in [-0.2, -0.15) is 4.31 Å². The Morgan fingerprint density at radius 1 is 1.03 bits per heavy atom. The summed E-state index contributed by atoms with van der Waals surface area (Å²) in [4.78, 5) is 38.3. The SMILES string of the molecule is CN(CCN(CC(N)=O)S(=O)(=O)c1cc(F)c(Oc2ccc(Cl)cc2)c(F)c1)C(=O)C(=O)N1CCCCC1. The fraction of sp³-hybridized carbons (Fsp3) is 0.375. The van der Waals surface area contributed by atoms with Gasteiger partial charge in [-0.15, -0.1) is 0 Å². The van der Waals surface area contributed by atoms with E-state index in [9.17, 15) is 31.6 Å². The highest BCUT2D eigenvalue weighted by atomic mass is 35.5. The van der Waals surface area contributed by atoms with E-state index in [-0.39, 0.29) is 12.3 Å². The number of likely N-dealkylation sites (N-methyl/N-ethyl adjacent to an activating group) is 1. The van der Waals surface area contributed by atoms with Crippen LogP contribution in [0.1, 0.15) is 19.3 Å². The van der Waals surface area contributed by atoms with E-state index in [1.54, 1.807) is 0 Å². The summed E-state index contributed by atoms with van der Waals surface area (Å²) >= 11 is 5.78. The van der Waals surface area contributed by atoms with Crippen LogP contribution >= 0.6 is 11.6 Å². The highest BCUT2D eigenvalue weighted by Crippen LogP contribution is 2.31. The van der Waals surface area contributed by atoms with Crippen LogP contribution in [-0.2, 0) is 24.4 Å². The predicted molar refractivity (Wildman–Crippen MR) is 134 cm³/mol. The van der Waals surface area contributed by atoms with E-state index in [4.69, 9.17) is 22.1 Å². The molecule has 0 aromatic heterocycles. The minimum atomic E-state index is -4.65. The van der Waals surface area contributed by atoms with Gasteiger partial charge in [-0.1, -0.05) is 11.6 Å². The molecule has 0 unspecified atom stereocenters. The van der Waals surface area contributed by atoms with Gasteiger partial charge in [-0.05, 0) is 55.7 Å². The number of carbonyl (C=O) groups excluding carboxylic acids is 3. The molecule has 0 aliphatic carbocycles. The number of primary amides is 1. The van der Waals surface area contributed by atoms with Crippen LogP contribution in [0.15, 0.2) is 41.3 Å². The van der Waals surface area contributed by atoms with Gasteiger partial charge in [-0.3, -0.25) is 14.4 Å². The third-order valence-electron chi connectivity index (χ3n) is 5.83. The molecule has 1 saturated heterocycles. The molecule has 2 aromatic carbocycles. The number of sulfonamides is 1. The van der Waals surface area contributed by atoms with Gasteiger partial charge in [0.15, 0.2) is 17.4 Å². The van der Waals surface area contributed by atoms with E-state index < -0.39 is 63.1 Å². The Morgan fingerprint density at radius 2 is 1.61 bits per heavy atom. The first kappa shape index (κ1) is 29.3. The van der Waals surface area contributed by atoms with E-state index >= 15 is 0 Å². The van der Waals surface area contributed by atoms with Crippen molar-refractivity contribution < 1.29 is 36.3 Å². The Labute approximate surface area is 223 Å². The van der Waals surface area contributed by atoms with Crippen LogP contribution in [0.4, 0.5) is 8.78 Å². The molecule has 0 bridgehead atoms. The molecule has 0 radical (unpaired) electrons. The zero-order chi connectivity index (χ0) is 28.0. The maximum Gasteiger partial charge on any atom is 0.312 e. The number of ether oxygens (including phenoxy) is 1. The molecule has 2 N–H and O–H groups in total. The number of amides is 3. The molecule has 10 nitrogen and oxygen atoms in total. The molecule has 0 spiro atoms. The third kappa shape index (κ3) is 7.17. The number of benzene rings is 2. The number of piperidine rings is 1. The van der Waals surface area contributed by atoms with Crippen LogP contribution in [0.5, 0.6) is 11.5 Å². The van der Waals surface area contributed by atoms with Crippen LogP contribution in [0.2, 0.25) is 5.02 Å². The molecule has 14 heteroatoms. The van der Waals surface area contributed by atoms with Crippen molar-refractivity contribution in [1.82, 2.24) is 14.1 Å². The van der Waals surface area contributed by atoms with Gasteiger partial charge in [0, 0.05) is 38.2 Å². The predicted octanol–water partition coefficient (Wildman–Crippen LogP) is 2.36. The summed E-state index contributed by atoms with van der Waals surface area (Å²) in [6, 6.07) is 6.71. The van der Waals surface area contributed by atoms with Crippen molar-refractivity contribution >= 4 is 39.3 Å². The molecule has 0 saturated carbocycles. The molecule has 1 aliphatic rings. The van der Waals surface area contributed by atoms with Crippen molar-refractivity contribution in [3.05, 3.63) is 53.1 Å². The molecule has 2 aromatic rings. The highest BCUT2D eigenvalue weighted by molar-refractivity contribution is 7.89.